The largest absolute Gasteiger partial charge is 0.479 e. The summed E-state index contributed by atoms with van der Waals surface area (Å²) in [6.07, 6.45) is -5.15. The lowest BCUT2D eigenvalue weighted by Crippen LogP contribution is -2.63. The molecule has 1 atom stereocenters. The van der Waals surface area contributed by atoms with Gasteiger partial charge in [0.25, 0.3) is 0 Å². The van der Waals surface area contributed by atoms with Gasteiger partial charge in [-0.05, 0) is 6.92 Å². The second-order valence-corrected chi connectivity index (χ2v) is 3.97. The molecule has 0 saturated carbocycles. The summed E-state index contributed by atoms with van der Waals surface area (Å²) in [7, 11) is 0. The van der Waals surface area contributed by atoms with Gasteiger partial charge < -0.3 is 20.3 Å². The molecule has 8 nitrogen and oxygen atoms in total. The Balaban J connectivity index is 2.66. The number of carboxylic acid groups (broad SMARTS) is 1. The summed E-state index contributed by atoms with van der Waals surface area (Å²) in [6, 6.07) is -1.32. The number of carbonyl (C=O) groups is 2. The first kappa shape index (κ1) is 15.7. The van der Waals surface area contributed by atoms with E-state index in [1.165, 1.54) is 12.2 Å². The van der Waals surface area contributed by atoms with Gasteiger partial charge in [-0.2, -0.15) is 18.2 Å². The second-order valence-electron chi connectivity index (χ2n) is 3.97. The van der Waals surface area contributed by atoms with Gasteiger partial charge in [-0.3, -0.25) is 0 Å². The summed E-state index contributed by atoms with van der Waals surface area (Å²) in [5.41, 5.74) is -3.40. The molecule has 0 aromatic carbocycles. The van der Waals surface area contributed by atoms with Gasteiger partial charge in [0, 0.05) is 6.92 Å². The molecule has 0 aliphatic rings. The molecule has 1 aromatic heterocycles. The van der Waals surface area contributed by atoms with E-state index in [0.717, 1.165) is 0 Å². The quantitative estimate of drug-likeness (QED) is 0.748. The van der Waals surface area contributed by atoms with Crippen LogP contribution in [0.4, 0.5) is 18.0 Å². The number of hydrogen-bond acceptors (Lipinski definition) is 5. The van der Waals surface area contributed by atoms with Crippen LogP contribution < -0.4 is 10.6 Å². The topological polar surface area (TPSA) is 117 Å². The van der Waals surface area contributed by atoms with Gasteiger partial charge in [0.05, 0.1) is 6.54 Å². The van der Waals surface area contributed by atoms with Gasteiger partial charge in [-0.1, -0.05) is 5.16 Å². The van der Waals surface area contributed by atoms with E-state index in [4.69, 9.17) is 5.11 Å². The highest BCUT2D eigenvalue weighted by Crippen LogP contribution is 2.30. The lowest BCUT2D eigenvalue weighted by Gasteiger charge is -2.28. The maximum atomic E-state index is 12.6. The van der Waals surface area contributed by atoms with Crippen molar-refractivity contribution in [3.05, 3.63) is 11.7 Å². The third kappa shape index (κ3) is 3.36. The fourth-order valence-corrected chi connectivity index (χ4v) is 1.09. The number of alkyl halides is 3. The number of carbonyl (C=O) groups excluding carboxylic acids is 1. The second kappa shape index (κ2) is 5.35. The molecule has 0 radical (unpaired) electrons. The van der Waals surface area contributed by atoms with Crippen molar-refractivity contribution in [3.8, 4) is 0 Å². The van der Waals surface area contributed by atoms with Gasteiger partial charge >= 0.3 is 18.2 Å². The summed E-state index contributed by atoms with van der Waals surface area (Å²) < 4.78 is 42.4. The number of urea groups is 1. The number of nitrogens with zero attached hydrogens (tertiary/aromatic N) is 2. The molecule has 0 aliphatic heterocycles. The highest BCUT2D eigenvalue weighted by molar-refractivity contribution is 5.86. The van der Waals surface area contributed by atoms with Crippen LogP contribution in [0.2, 0.25) is 0 Å². The van der Waals surface area contributed by atoms with Crippen molar-refractivity contribution in [3.63, 3.8) is 0 Å². The average Bonchev–Trinajstić information content (AvgIpc) is 2.70. The van der Waals surface area contributed by atoms with Gasteiger partial charge in [0.2, 0.25) is 11.4 Å². The fourth-order valence-electron chi connectivity index (χ4n) is 1.09. The van der Waals surface area contributed by atoms with E-state index in [2.05, 4.69) is 14.7 Å². The maximum Gasteiger partial charge on any atom is 0.422 e. The minimum Gasteiger partial charge on any atom is -0.479 e. The standard InChI is InChI=1S/C9H11F3N4O4/c1-4-14-5(16-20-4)3-13-7(19)15-8(2,6(17)18)9(10,11)12/h3H2,1-2H3,(H,17,18)(H2,13,15,19). The van der Waals surface area contributed by atoms with Crippen LogP contribution in [-0.4, -0.2) is 39.0 Å². The van der Waals surface area contributed by atoms with E-state index in [9.17, 15) is 22.8 Å². The average molecular weight is 296 g/mol. The Hall–Kier alpha value is -2.33. The number of aryl methyl sites for hydroxylation is 1. The van der Waals surface area contributed by atoms with Crippen molar-refractivity contribution in [1.29, 1.82) is 0 Å². The first-order valence-corrected chi connectivity index (χ1v) is 5.21. The monoisotopic (exact) mass is 296 g/mol. The highest BCUT2D eigenvalue weighted by Gasteiger charge is 2.58. The Morgan fingerprint density at radius 3 is 2.40 bits per heavy atom. The van der Waals surface area contributed by atoms with E-state index >= 15 is 0 Å². The number of rotatable bonds is 4. The Morgan fingerprint density at radius 2 is 2.00 bits per heavy atom. The molecule has 0 spiro atoms. The minimum atomic E-state index is -5.15. The molecule has 2 amide bonds. The molecule has 1 unspecified atom stereocenters. The van der Waals surface area contributed by atoms with Crippen molar-refractivity contribution in [2.75, 3.05) is 0 Å². The third-order valence-corrected chi connectivity index (χ3v) is 2.33. The van der Waals surface area contributed by atoms with E-state index in [-0.39, 0.29) is 18.3 Å². The maximum absolute atomic E-state index is 12.6. The van der Waals surface area contributed by atoms with Gasteiger partial charge in [0.15, 0.2) is 5.82 Å². The van der Waals surface area contributed by atoms with Crippen molar-refractivity contribution in [1.82, 2.24) is 20.8 Å². The smallest absolute Gasteiger partial charge is 0.422 e. The Morgan fingerprint density at radius 1 is 1.40 bits per heavy atom. The summed E-state index contributed by atoms with van der Waals surface area (Å²) >= 11 is 0. The van der Waals surface area contributed by atoms with E-state index in [1.807, 2.05) is 5.32 Å². The van der Waals surface area contributed by atoms with Crippen molar-refractivity contribution >= 4 is 12.0 Å². The summed E-state index contributed by atoms with van der Waals surface area (Å²) in [4.78, 5) is 25.7. The molecule has 20 heavy (non-hydrogen) atoms. The van der Waals surface area contributed by atoms with E-state index < -0.39 is 23.7 Å². The van der Waals surface area contributed by atoms with Gasteiger partial charge in [0.1, 0.15) is 0 Å². The van der Waals surface area contributed by atoms with Crippen LogP contribution in [0.1, 0.15) is 18.6 Å². The van der Waals surface area contributed by atoms with Crippen LogP contribution in [0.25, 0.3) is 0 Å². The van der Waals surface area contributed by atoms with Crippen LogP contribution in [0.5, 0.6) is 0 Å². The number of aliphatic carboxylic acids is 1. The van der Waals surface area contributed by atoms with Crippen LogP contribution in [0, 0.1) is 6.92 Å². The zero-order valence-electron chi connectivity index (χ0n) is 10.4. The molecule has 11 heteroatoms. The first-order valence-electron chi connectivity index (χ1n) is 5.21. The zero-order valence-corrected chi connectivity index (χ0v) is 10.4. The van der Waals surface area contributed by atoms with Crippen molar-refractivity contribution in [2.24, 2.45) is 0 Å². The third-order valence-electron chi connectivity index (χ3n) is 2.33. The molecule has 1 rings (SSSR count). The molecular formula is C9H11F3N4O4. The summed E-state index contributed by atoms with van der Waals surface area (Å²) in [5.74, 6) is -1.97. The van der Waals surface area contributed by atoms with Crippen molar-refractivity contribution in [2.45, 2.75) is 32.1 Å². The molecule has 0 fully saturated rings. The molecule has 3 N–H and O–H groups in total. The van der Waals surface area contributed by atoms with Crippen LogP contribution in [0.15, 0.2) is 4.52 Å². The summed E-state index contributed by atoms with van der Waals surface area (Å²) in [6.45, 7) is 1.52. The Bertz CT molecular complexity index is 516. The Kier molecular flexibility index (Phi) is 4.20. The zero-order chi connectivity index (χ0) is 15.6. The normalized spacial score (nSPS) is 14.4. The van der Waals surface area contributed by atoms with Crippen LogP contribution in [0.3, 0.4) is 0 Å². The van der Waals surface area contributed by atoms with E-state index in [1.54, 1.807) is 0 Å². The number of halogens is 3. The number of carboxylic acids is 1. The van der Waals surface area contributed by atoms with E-state index in [0.29, 0.717) is 6.92 Å². The lowest BCUT2D eigenvalue weighted by atomic mass is 10.0. The first-order chi connectivity index (χ1) is 9.06. The highest BCUT2D eigenvalue weighted by atomic mass is 19.4. The predicted octanol–water partition coefficient (Wildman–Crippen LogP) is 0.583. The number of hydrogen-bond donors (Lipinski definition) is 3. The van der Waals surface area contributed by atoms with Crippen LogP contribution >= 0.6 is 0 Å². The number of aromatic nitrogens is 2. The van der Waals surface area contributed by atoms with Crippen LogP contribution in [-0.2, 0) is 11.3 Å². The van der Waals surface area contributed by atoms with Gasteiger partial charge in [-0.15, -0.1) is 0 Å². The molecule has 1 aromatic rings. The molecule has 0 bridgehead atoms. The number of amides is 2. The molecule has 0 aliphatic carbocycles. The van der Waals surface area contributed by atoms with Gasteiger partial charge in [-0.25, -0.2) is 9.59 Å². The molecule has 0 saturated heterocycles. The predicted molar refractivity (Wildman–Crippen MR) is 56.5 cm³/mol. The van der Waals surface area contributed by atoms with Crippen molar-refractivity contribution < 1.29 is 32.4 Å². The fraction of sp³-hybridized carbons (Fsp3) is 0.556. The molecular weight excluding hydrogens is 285 g/mol. The Labute approximate surface area is 110 Å². The lowest BCUT2D eigenvalue weighted by molar-refractivity contribution is -0.203. The summed E-state index contributed by atoms with van der Waals surface area (Å²) in [5, 5.41) is 15.3. The minimum absolute atomic E-state index is 0.0432. The SMILES string of the molecule is Cc1nc(CNC(=O)NC(C)(C(=O)O)C(F)(F)F)no1. The molecule has 1 heterocycles. The molecule has 112 valence electrons. The number of nitrogens with one attached hydrogen (secondary N) is 2.